The standard InChI is InChI=1S/C8H5FN2O2/c9-7-3-1-2-6-5(8(12)13)4-10-11(6)7/h1-4H,(H,12,13). The van der Waals surface area contributed by atoms with E-state index in [0.717, 1.165) is 10.7 Å². The second-order valence-electron chi connectivity index (χ2n) is 2.51. The molecule has 0 bridgehead atoms. The summed E-state index contributed by atoms with van der Waals surface area (Å²) in [6.07, 6.45) is 1.13. The van der Waals surface area contributed by atoms with Crippen LogP contribution in [-0.2, 0) is 0 Å². The van der Waals surface area contributed by atoms with Crippen molar-refractivity contribution in [1.29, 1.82) is 0 Å². The van der Waals surface area contributed by atoms with Crippen LogP contribution in [0.1, 0.15) is 10.4 Å². The molecular weight excluding hydrogens is 175 g/mol. The van der Waals surface area contributed by atoms with Crippen LogP contribution in [0, 0.1) is 5.95 Å². The second-order valence-corrected chi connectivity index (χ2v) is 2.51. The number of hydrogen-bond donors (Lipinski definition) is 1. The number of halogens is 1. The summed E-state index contributed by atoms with van der Waals surface area (Å²) in [6, 6.07) is 4.16. The molecule has 5 heteroatoms. The molecule has 0 aromatic carbocycles. The van der Waals surface area contributed by atoms with Crippen molar-refractivity contribution in [3.8, 4) is 0 Å². The van der Waals surface area contributed by atoms with Gasteiger partial charge in [0.05, 0.1) is 11.7 Å². The van der Waals surface area contributed by atoms with E-state index in [-0.39, 0.29) is 11.1 Å². The van der Waals surface area contributed by atoms with E-state index < -0.39 is 11.9 Å². The van der Waals surface area contributed by atoms with E-state index in [1.54, 1.807) is 0 Å². The fourth-order valence-electron chi connectivity index (χ4n) is 1.14. The van der Waals surface area contributed by atoms with E-state index in [2.05, 4.69) is 5.10 Å². The van der Waals surface area contributed by atoms with Crippen LogP contribution >= 0.6 is 0 Å². The van der Waals surface area contributed by atoms with Crippen molar-refractivity contribution in [3.05, 3.63) is 35.9 Å². The summed E-state index contributed by atoms with van der Waals surface area (Å²) in [5.74, 6) is -1.69. The van der Waals surface area contributed by atoms with Gasteiger partial charge < -0.3 is 5.11 Å². The number of aromatic nitrogens is 2. The van der Waals surface area contributed by atoms with Crippen molar-refractivity contribution < 1.29 is 14.3 Å². The molecule has 13 heavy (non-hydrogen) atoms. The molecular formula is C8H5FN2O2. The number of aromatic carboxylic acids is 1. The minimum absolute atomic E-state index is 0.000463. The maximum absolute atomic E-state index is 13.0. The van der Waals surface area contributed by atoms with Gasteiger partial charge in [-0.15, -0.1) is 0 Å². The van der Waals surface area contributed by atoms with Gasteiger partial charge in [0.2, 0.25) is 5.95 Å². The zero-order chi connectivity index (χ0) is 9.42. The predicted octanol–water partition coefficient (Wildman–Crippen LogP) is 1.17. The molecule has 0 saturated heterocycles. The Morgan fingerprint density at radius 1 is 1.54 bits per heavy atom. The number of pyridine rings is 1. The van der Waals surface area contributed by atoms with Crippen molar-refractivity contribution in [2.24, 2.45) is 0 Å². The molecule has 66 valence electrons. The highest BCUT2D eigenvalue weighted by molar-refractivity contribution is 5.95. The summed E-state index contributed by atoms with van der Waals surface area (Å²) < 4.78 is 13.9. The second kappa shape index (κ2) is 2.55. The molecule has 2 rings (SSSR count). The van der Waals surface area contributed by atoms with Crippen LogP contribution in [0.15, 0.2) is 24.4 Å². The molecule has 0 saturated carbocycles. The van der Waals surface area contributed by atoms with Gasteiger partial charge in [0, 0.05) is 0 Å². The third-order valence-electron chi connectivity index (χ3n) is 1.73. The first kappa shape index (κ1) is 7.72. The molecule has 4 nitrogen and oxygen atoms in total. The molecule has 0 atom stereocenters. The monoisotopic (exact) mass is 180 g/mol. The van der Waals surface area contributed by atoms with Crippen molar-refractivity contribution in [1.82, 2.24) is 9.61 Å². The molecule has 2 aromatic rings. The molecule has 2 heterocycles. The Morgan fingerprint density at radius 3 is 3.00 bits per heavy atom. The Morgan fingerprint density at radius 2 is 2.31 bits per heavy atom. The first-order valence-electron chi connectivity index (χ1n) is 3.55. The van der Waals surface area contributed by atoms with E-state index in [1.165, 1.54) is 18.2 Å². The molecule has 0 unspecified atom stereocenters. The zero-order valence-electron chi connectivity index (χ0n) is 6.44. The van der Waals surface area contributed by atoms with Crippen LogP contribution in [0.25, 0.3) is 5.52 Å². The fraction of sp³-hybridized carbons (Fsp3) is 0. The van der Waals surface area contributed by atoms with Gasteiger partial charge in [-0.2, -0.15) is 9.49 Å². The highest BCUT2D eigenvalue weighted by atomic mass is 19.1. The zero-order valence-corrected chi connectivity index (χ0v) is 6.44. The maximum Gasteiger partial charge on any atom is 0.339 e. The van der Waals surface area contributed by atoms with Crippen molar-refractivity contribution in [2.75, 3.05) is 0 Å². The minimum atomic E-state index is -1.11. The quantitative estimate of drug-likeness (QED) is 0.670. The third-order valence-corrected chi connectivity index (χ3v) is 1.73. The number of carboxylic acids is 1. The largest absolute Gasteiger partial charge is 0.478 e. The first-order chi connectivity index (χ1) is 6.20. The summed E-state index contributed by atoms with van der Waals surface area (Å²) in [5.41, 5.74) is 0.256. The number of carboxylic acid groups (broad SMARTS) is 1. The maximum atomic E-state index is 13.0. The van der Waals surface area contributed by atoms with Crippen molar-refractivity contribution in [3.63, 3.8) is 0 Å². The van der Waals surface area contributed by atoms with Gasteiger partial charge in [0.25, 0.3) is 0 Å². The van der Waals surface area contributed by atoms with Gasteiger partial charge in [-0.05, 0) is 12.1 Å². The van der Waals surface area contributed by atoms with E-state index in [0.29, 0.717) is 0 Å². The molecule has 0 radical (unpaired) electrons. The van der Waals surface area contributed by atoms with Crippen LogP contribution in [0.4, 0.5) is 4.39 Å². The van der Waals surface area contributed by atoms with E-state index in [9.17, 15) is 9.18 Å². The van der Waals surface area contributed by atoms with Gasteiger partial charge in [-0.25, -0.2) is 9.31 Å². The number of hydrogen-bond acceptors (Lipinski definition) is 2. The number of fused-ring (bicyclic) bond motifs is 1. The lowest BCUT2D eigenvalue weighted by atomic mass is 10.3. The molecule has 0 spiro atoms. The van der Waals surface area contributed by atoms with E-state index in [1.807, 2.05) is 0 Å². The summed E-state index contributed by atoms with van der Waals surface area (Å²) in [7, 11) is 0. The van der Waals surface area contributed by atoms with Crippen LogP contribution < -0.4 is 0 Å². The Hall–Kier alpha value is -1.91. The minimum Gasteiger partial charge on any atom is -0.478 e. The van der Waals surface area contributed by atoms with Gasteiger partial charge in [-0.3, -0.25) is 0 Å². The van der Waals surface area contributed by atoms with Crippen LogP contribution in [0.5, 0.6) is 0 Å². The molecule has 0 aliphatic heterocycles. The Balaban J connectivity index is 2.83. The third kappa shape index (κ3) is 1.05. The van der Waals surface area contributed by atoms with Crippen LogP contribution in [0.3, 0.4) is 0 Å². The van der Waals surface area contributed by atoms with Crippen molar-refractivity contribution >= 4 is 11.5 Å². The summed E-state index contributed by atoms with van der Waals surface area (Å²) in [6.45, 7) is 0. The highest BCUT2D eigenvalue weighted by Gasteiger charge is 2.11. The normalized spacial score (nSPS) is 10.5. The topological polar surface area (TPSA) is 54.6 Å². The van der Waals surface area contributed by atoms with Gasteiger partial charge in [0.15, 0.2) is 0 Å². The van der Waals surface area contributed by atoms with E-state index >= 15 is 0 Å². The average molecular weight is 180 g/mol. The number of nitrogens with zero attached hydrogens (tertiary/aromatic N) is 2. The fourth-order valence-corrected chi connectivity index (χ4v) is 1.14. The molecule has 0 fully saturated rings. The lowest BCUT2D eigenvalue weighted by molar-refractivity contribution is 0.0699. The Kier molecular flexibility index (Phi) is 1.51. The van der Waals surface area contributed by atoms with Crippen LogP contribution in [0.2, 0.25) is 0 Å². The Bertz CT molecular complexity index is 478. The van der Waals surface area contributed by atoms with Crippen LogP contribution in [-0.4, -0.2) is 20.7 Å². The highest BCUT2D eigenvalue weighted by Crippen LogP contribution is 2.11. The van der Waals surface area contributed by atoms with Gasteiger partial charge >= 0.3 is 5.97 Å². The van der Waals surface area contributed by atoms with E-state index in [4.69, 9.17) is 5.11 Å². The number of rotatable bonds is 1. The SMILES string of the molecule is O=C(O)c1cnn2c(F)cccc12. The molecule has 1 N–H and O–H groups in total. The summed E-state index contributed by atoms with van der Waals surface area (Å²) >= 11 is 0. The summed E-state index contributed by atoms with van der Waals surface area (Å²) in [5, 5.41) is 12.3. The summed E-state index contributed by atoms with van der Waals surface area (Å²) in [4.78, 5) is 10.6. The molecule has 2 aromatic heterocycles. The first-order valence-corrected chi connectivity index (χ1v) is 3.55. The van der Waals surface area contributed by atoms with Crippen molar-refractivity contribution in [2.45, 2.75) is 0 Å². The Labute approximate surface area is 72.2 Å². The molecule has 0 aliphatic carbocycles. The smallest absolute Gasteiger partial charge is 0.339 e. The lowest BCUT2D eigenvalue weighted by Gasteiger charge is -1.94. The number of carbonyl (C=O) groups is 1. The van der Waals surface area contributed by atoms with Gasteiger partial charge in [-0.1, -0.05) is 6.07 Å². The predicted molar refractivity (Wildman–Crippen MR) is 42.1 cm³/mol. The van der Waals surface area contributed by atoms with Gasteiger partial charge in [0.1, 0.15) is 5.56 Å². The lowest BCUT2D eigenvalue weighted by Crippen LogP contribution is -1.97. The molecule has 0 amide bonds. The average Bonchev–Trinajstić information content (AvgIpc) is 2.48. The molecule has 0 aliphatic rings.